The van der Waals surface area contributed by atoms with Crippen molar-refractivity contribution in [2.24, 2.45) is 0 Å². The maximum absolute atomic E-state index is 12.5. The number of carbonyl (C=O) groups excluding carboxylic acids is 1. The van der Waals surface area contributed by atoms with E-state index in [2.05, 4.69) is 22.3 Å². The highest BCUT2D eigenvalue weighted by molar-refractivity contribution is 7.99. The SMILES string of the molecule is COc1ccc(-n2cnnc2SCC(=O)N(C)Cc2ccc(C)cc2)cc1. The molecule has 7 heteroatoms. The predicted octanol–water partition coefficient (Wildman–Crippen LogP) is 3.34. The molecule has 0 atom stereocenters. The molecule has 0 aliphatic carbocycles. The van der Waals surface area contributed by atoms with E-state index in [4.69, 9.17) is 4.74 Å². The second kappa shape index (κ2) is 8.73. The lowest BCUT2D eigenvalue weighted by Gasteiger charge is -2.17. The molecule has 0 radical (unpaired) electrons. The number of hydrogen-bond acceptors (Lipinski definition) is 5. The van der Waals surface area contributed by atoms with Crippen LogP contribution in [0.3, 0.4) is 0 Å². The fraction of sp³-hybridized carbons (Fsp3) is 0.250. The zero-order chi connectivity index (χ0) is 19.2. The number of thioether (sulfide) groups is 1. The summed E-state index contributed by atoms with van der Waals surface area (Å²) in [4.78, 5) is 14.2. The molecule has 27 heavy (non-hydrogen) atoms. The van der Waals surface area contributed by atoms with E-state index in [0.29, 0.717) is 17.5 Å². The Balaban J connectivity index is 1.60. The highest BCUT2D eigenvalue weighted by Gasteiger charge is 2.13. The van der Waals surface area contributed by atoms with Crippen molar-refractivity contribution in [3.8, 4) is 11.4 Å². The largest absolute Gasteiger partial charge is 0.497 e. The Hall–Kier alpha value is -2.80. The van der Waals surface area contributed by atoms with Crippen molar-refractivity contribution in [3.63, 3.8) is 0 Å². The quantitative estimate of drug-likeness (QED) is 0.587. The number of amides is 1. The van der Waals surface area contributed by atoms with Gasteiger partial charge in [-0.05, 0) is 36.8 Å². The van der Waals surface area contributed by atoms with Crippen LogP contribution < -0.4 is 4.74 Å². The molecule has 0 bridgehead atoms. The molecular weight excluding hydrogens is 360 g/mol. The molecule has 140 valence electrons. The number of hydrogen-bond donors (Lipinski definition) is 0. The van der Waals surface area contributed by atoms with E-state index in [1.807, 2.05) is 54.9 Å². The van der Waals surface area contributed by atoms with Crippen LogP contribution in [0.15, 0.2) is 60.0 Å². The van der Waals surface area contributed by atoms with Crippen LogP contribution in [-0.2, 0) is 11.3 Å². The predicted molar refractivity (Wildman–Crippen MR) is 106 cm³/mol. The highest BCUT2D eigenvalue weighted by atomic mass is 32.2. The molecule has 0 unspecified atom stereocenters. The molecule has 0 aliphatic rings. The van der Waals surface area contributed by atoms with E-state index >= 15 is 0 Å². The summed E-state index contributed by atoms with van der Waals surface area (Å²) in [6.45, 7) is 2.64. The number of rotatable bonds is 7. The van der Waals surface area contributed by atoms with Gasteiger partial charge in [-0.2, -0.15) is 0 Å². The molecule has 0 aliphatic heterocycles. The third kappa shape index (κ3) is 4.89. The highest BCUT2D eigenvalue weighted by Crippen LogP contribution is 2.22. The molecule has 2 aromatic carbocycles. The van der Waals surface area contributed by atoms with Crippen molar-refractivity contribution >= 4 is 17.7 Å². The van der Waals surface area contributed by atoms with Gasteiger partial charge in [0.2, 0.25) is 5.91 Å². The van der Waals surface area contributed by atoms with E-state index < -0.39 is 0 Å². The average Bonchev–Trinajstić information content (AvgIpc) is 3.16. The molecule has 6 nitrogen and oxygen atoms in total. The molecule has 0 N–H and O–H groups in total. The van der Waals surface area contributed by atoms with Gasteiger partial charge in [-0.3, -0.25) is 9.36 Å². The summed E-state index contributed by atoms with van der Waals surface area (Å²) in [6, 6.07) is 15.8. The monoisotopic (exact) mass is 382 g/mol. The van der Waals surface area contributed by atoms with Gasteiger partial charge in [-0.25, -0.2) is 0 Å². The number of methoxy groups -OCH3 is 1. The van der Waals surface area contributed by atoms with Crippen molar-refractivity contribution in [2.45, 2.75) is 18.6 Å². The Bertz CT molecular complexity index is 891. The van der Waals surface area contributed by atoms with E-state index in [9.17, 15) is 4.79 Å². The van der Waals surface area contributed by atoms with Gasteiger partial charge in [0, 0.05) is 19.3 Å². The summed E-state index contributed by atoms with van der Waals surface area (Å²) in [6.07, 6.45) is 1.64. The number of carbonyl (C=O) groups is 1. The van der Waals surface area contributed by atoms with Crippen LogP contribution >= 0.6 is 11.8 Å². The van der Waals surface area contributed by atoms with E-state index in [1.54, 1.807) is 18.3 Å². The van der Waals surface area contributed by atoms with Crippen LogP contribution in [0.4, 0.5) is 0 Å². The summed E-state index contributed by atoms with van der Waals surface area (Å²) in [7, 11) is 3.45. The van der Waals surface area contributed by atoms with Crippen LogP contribution in [0.5, 0.6) is 5.75 Å². The topological polar surface area (TPSA) is 60.2 Å². The van der Waals surface area contributed by atoms with Gasteiger partial charge in [-0.1, -0.05) is 41.6 Å². The van der Waals surface area contributed by atoms with Gasteiger partial charge in [0.25, 0.3) is 0 Å². The Morgan fingerprint density at radius 1 is 1.15 bits per heavy atom. The number of ether oxygens (including phenoxy) is 1. The van der Waals surface area contributed by atoms with Crippen LogP contribution in [0.1, 0.15) is 11.1 Å². The van der Waals surface area contributed by atoms with Crippen molar-refractivity contribution in [2.75, 3.05) is 19.9 Å². The lowest BCUT2D eigenvalue weighted by molar-refractivity contribution is -0.127. The molecule has 1 heterocycles. The van der Waals surface area contributed by atoms with Crippen molar-refractivity contribution in [3.05, 3.63) is 66.0 Å². The van der Waals surface area contributed by atoms with Crippen LogP contribution in [0.2, 0.25) is 0 Å². The van der Waals surface area contributed by atoms with Crippen molar-refractivity contribution in [1.29, 1.82) is 0 Å². The van der Waals surface area contributed by atoms with Crippen LogP contribution in [-0.4, -0.2) is 45.5 Å². The number of nitrogens with zero attached hydrogens (tertiary/aromatic N) is 4. The minimum Gasteiger partial charge on any atom is -0.497 e. The fourth-order valence-electron chi connectivity index (χ4n) is 2.53. The first kappa shape index (κ1) is 19.0. The minimum atomic E-state index is 0.0462. The summed E-state index contributed by atoms with van der Waals surface area (Å²) in [5, 5.41) is 8.79. The maximum Gasteiger partial charge on any atom is 0.233 e. The summed E-state index contributed by atoms with van der Waals surface area (Å²) in [5.41, 5.74) is 3.24. The first-order valence-electron chi connectivity index (χ1n) is 8.53. The van der Waals surface area contributed by atoms with Crippen molar-refractivity contribution in [1.82, 2.24) is 19.7 Å². The van der Waals surface area contributed by atoms with Gasteiger partial charge in [0.1, 0.15) is 12.1 Å². The number of benzene rings is 2. The summed E-state index contributed by atoms with van der Waals surface area (Å²) < 4.78 is 7.04. The Kier molecular flexibility index (Phi) is 6.13. The molecular formula is C20H22N4O2S. The molecule has 1 amide bonds. The normalized spacial score (nSPS) is 10.6. The second-order valence-corrected chi connectivity index (χ2v) is 7.15. The average molecular weight is 382 g/mol. The molecule has 1 aromatic heterocycles. The molecule has 0 saturated carbocycles. The number of aromatic nitrogens is 3. The zero-order valence-electron chi connectivity index (χ0n) is 15.6. The first-order valence-corrected chi connectivity index (χ1v) is 9.52. The lowest BCUT2D eigenvalue weighted by atomic mass is 10.1. The fourth-order valence-corrected chi connectivity index (χ4v) is 3.40. The number of aryl methyl sites for hydroxylation is 1. The van der Waals surface area contributed by atoms with E-state index in [0.717, 1.165) is 17.0 Å². The van der Waals surface area contributed by atoms with E-state index in [-0.39, 0.29) is 5.91 Å². The molecule has 0 spiro atoms. The molecule has 0 saturated heterocycles. The van der Waals surface area contributed by atoms with Gasteiger partial charge >= 0.3 is 0 Å². The molecule has 0 fully saturated rings. The van der Waals surface area contributed by atoms with Gasteiger partial charge in [-0.15, -0.1) is 10.2 Å². The maximum atomic E-state index is 12.5. The lowest BCUT2D eigenvalue weighted by Crippen LogP contribution is -2.27. The van der Waals surface area contributed by atoms with Crippen LogP contribution in [0, 0.1) is 6.92 Å². The Morgan fingerprint density at radius 2 is 1.85 bits per heavy atom. The third-order valence-corrected chi connectivity index (χ3v) is 5.09. The standard InChI is InChI=1S/C20H22N4O2S/c1-15-4-6-16(7-5-15)12-23(2)19(25)13-27-20-22-21-14-24(20)17-8-10-18(26-3)11-9-17/h4-11,14H,12-13H2,1-3H3. The van der Waals surface area contributed by atoms with Gasteiger partial charge in [0.15, 0.2) is 5.16 Å². The first-order chi connectivity index (χ1) is 13.1. The summed E-state index contributed by atoms with van der Waals surface area (Å²) in [5.74, 6) is 1.14. The van der Waals surface area contributed by atoms with Gasteiger partial charge < -0.3 is 9.64 Å². The second-order valence-electron chi connectivity index (χ2n) is 6.21. The Morgan fingerprint density at radius 3 is 2.52 bits per heavy atom. The third-order valence-electron chi connectivity index (χ3n) is 4.16. The summed E-state index contributed by atoms with van der Waals surface area (Å²) >= 11 is 1.37. The Labute approximate surface area is 163 Å². The zero-order valence-corrected chi connectivity index (χ0v) is 16.4. The molecule has 3 aromatic rings. The minimum absolute atomic E-state index is 0.0462. The smallest absolute Gasteiger partial charge is 0.233 e. The molecule has 3 rings (SSSR count). The van der Waals surface area contributed by atoms with Crippen molar-refractivity contribution < 1.29 is 9.53 Å². The van der Waals surface area contributed by atoms with Gasteiger partial charge in [0.05, 0.1) is 12.9 Å². The van der Waals surface area contributed by atoms with E-state index in [1.165, 1.54) is 17.3 Å². The van der Waals surface area contributed by atoms with Crippen LogP contribution in [0.25, 0.3) is 5.69 Å².